The van der Waals surface area contributed by atoms with Crippen LogP contribution in [0.5, 0.6) is 0 Å². The fourth-order valence-corrected chi connectivity index (χ4v) is 2.21. The van der Waals surface area contributed by atoms with E-state index in [0.717, 1.165) is 11.3 Å². The molecule has 0 aliphatic heterocycles. The zero-order valence-electron chi connectivity index (χ0n) is 11.0. The summed E-state index contributed by atoms with van der Waals surface area (Å²) in [6.07, 6.45) is 1.75. The second-order valence-corrected chi connectivity index (χ2v) is 6.84. The summed E-state index contributed by atoms with van der Waals surface area (Å²) in [6, 6.07) is 5.70. The summed E-state index contributed by atoms with van der Waals surface area (Å²) in [7, 11) is -2.98. The number of benzene rings is 1. The summed E-state index contributed by atoms with van der Waals surface area (Å²) in [4.78, 5) is 11.6. The second-order valence-electron chi connectivity index (χ2n) is 4.58. The fourth-order valence-electron chi connectivity index (χ4n) is 1.54. The highest BCUT2D eigenvalue weighted by Gasteiger charge is 2.06. The van der Waals surface area contributed by atoms with E-state index < -0.39 is 9.84 Å². The Bertz CT molecular complexity index is 535. The molecular formula is C13H19NO3S. The molecule has 0 atom stereocenters. The van der Waals surface area contributed by atoms with Crippen LogP contribution in [0.3, 0.4) is 0 Å². The van der Waals surface area contributed by atoms with E-state index in [-0.39, 0.29) is 18.1 Å². The Morgan fingerprint density at radius 2 is 1.89 bits per heavy atom. The molecule has 0 aliphatic rings. The molecule has 0 aromatic heterocycles. The average Bonchev–Trinajstić information content (AvgIpc) is 2.21. The van der Waals surface area contributed by atoms with Gasteiger partial charge in [0.2, 0.25) is 5.91 Å². The Kier molecular flexibility index (Phi) is 4.90. The van der Waals surface area contributed by atoms with Crippen LogP contribution in [0, 0.1) is 13.8 Å². The predicted octanol–water partition coefficient (Wildman–Crippen LogP) is 2.07. The molecule has 0 spiro atoms. The van der Waals surface area contributed by atoms with E-state index >= 15 is 0 Å². The third-order valence-corrected chi connectivity index (χ3v) is 3.74. The topological polar surface area (TPSA) is 63.2 Å². The molecule has 0 saturated carbocycles. The molecule has 1 aromatic rings. The fraction of sp³-hybridized carbons (Fsp3) is 0.462. The number of carbonyl (C=O) groups excluding carboxylic acids is 1. The number of sulfone groups is 1. The maximum atomic E-state index is 11.6. The lowest BCUT2D eigenvalue weighted by molar-refractivity contribution is -0.116. The predicted molar refractivity (Wildman–Crippen MR) is 73.5 cm³/mol. The number of hydrogen-bond donors (Lipinski definition) is 1. The average molecular weight is 269 g/mol. The van der Waals surface area contributed by atoms with E-state index in [1.165, 1.54) is 11.8 Å². The van der Waals surface area contributed by atoms with Crippen molar-refractivity contribution < 1.29 is 13.2 Å². The molecular weight excluding hydrogens is 250 g/mol. The Hall–Kier alpha value is -1.36. The summed E-state index contributed by atoms with van der Waals surface area (Å²) in [6.45, 7) is 3.99. The van der Waals surface area contributed by atoms with E-state index in [2.05, 4.69) is 5.32 Å². The molecule has 0 saturated heterocycles. The van der Waals surface area contributed by atoms with Gasteiger partial charge in [0.15, 0.2) is 0 Å². The molecule has 1 amide bonds. The minimum absolute atomic E-state index is 0.0490. The number of carbonyl (C=O) groups is 1. The molecule has 5 heteroatoms. The monoisotopic (exact) mass is 269 g/mol. The van der Waals surface area contributed by atoms with Gasteiger partial charge in [-0.2, -0.15) is 0 Å². The van der Waals surface area contributed by atoms with Crippen molar-refractivity contribution in [2.75, 3.05) is 17.3 Å². The molecule has 1 rings (SSSR count). The number of amides is 1. The second kappa shape index (κ2) is 6.00. The van der Waals surface area contributed by atoms with Crippen LogP contribution >= 0.6 is 0 Å². The van der Waals surface area contributed by atoms with Crippen molar-refractivity contribution in [1.29, 1.82) is 0 Å². The van der Waals surface area contributed by atoms with Crippen molar-refractivity contribution in [1.82, 2.24) is 0 Å². The molecule has 4 nitrogen and oxygen atoms in total. The lowest BCUT2D eigenvalue weighted by atomic mass is 10.1. The highest BCUT2D eigenvalue weighted by atomic mass is 32.2. The van der Waals surface area contributed by atoms with E-state index in [4.69, 9.17) is 0 Å². The van der Waals surface area contributed by atoms with Gasteiger partial charge in [-0.25, -0.2) is 8.42 Å². The van der Waals surface area contributed by atoms with Gasteiger partial charge in [-0.1, -0.05) is 6.07 Å². The first-order valence-corrected chi connectivity index (χ1v) is 7.89. The molecule has 0 heterocycles. The van der Waals surface area contributed by atoms with Crippen LogP contribution in [-0.4, -0.2) is 26.3 Å². The maximum Gasteiger partial charge on any atom is 0.224 e. The highest BCUT2D eigenvalue weighted by Crippen LogP contribution is 2.14. The van der Waals surface area contributed by atoms with Crippen molar-refractivity contribution in [3.05, 3.63) is 29.3 Å². The Balaban J connectivity index is 2.47. The third-order valence-electron chi connectivity index (χ3n) is 2.71. The van der Waals surface area contributed by atoms with Crippen molar-refractivity contribution in [3.8, 4) is 0 Å². The van der Waals surface area contributed by atoms with Gasteiger partial charge >= 0.3 is 0 Å². The lowest BCUT2D eigenvalue weighted by Gasteiger charge is -2.07. The van der Waals surface area contributed by atoms with Crippen molar-refractivity contribution in [2.45, 2.75) is 26.7 Å². The molecule has 1 aromatic carbocycles. The summed E-state index contributed by atoms with van der Waals surface area (Å²) in [5.74, 6) is -0.102. The van der Waals surface area contributed by atoms with Gasteiger partial charge in [0, 0.05) is 18.4 Å². The van der Waals surface area contributed by atoms with Crippen LogP contribution in [0.2, 0.25) is 0 Å². The smallest absolute Gasteiger partial charge is 0.224 e. The van der Waals surface area contributed by atoms with Gasteiger partial charge in [0.1, 0.15) is 9.84 Å². The van der Waals surface area contributed by atoms with Crippen LogP contribution < -0.4 is 5.32 Å². The van der Waals surface area contributed by atoms with Crippen LogP contribution in [0.25, 0.3) is 0 Å². The minimum Gasteiger partial charge on any atom is -0.326 e. The first-order valence-electron chi connectivity index (χ1n) is 5.83. The van der Waals surface area contributed by atoms with Crippen molar-refractivity contribution in [3.63, 3.8) is 0 Å². The molecule has 0 aliphatic carbocycles. The largest absolute Gasteiger partial charge is 0.326 e. The third kappa shape index (κ3) is 5.31. The van der Waals surface area contributed by atoms with Gasteiger partial charge in [0.25, 0.3) is 0 Å². The zero-order chi connectivity index (χ0) is 13.8. The van der Waals surface area contributed by atoms with E-state index in [9.17, 15) is 13.2 Å². The van der Waals surface area contributed by atoms with Crippen molar-refractivity contribution in [2.24, 2.45) is 0 Å². The SMILES string of the molecule is Cc1ccc(NC(=O)CCCS(C)(=O)=O)cc1C. The first kappa shape index (κ1) is 14.7. The maximum absolute atomic E-state index is 11.6. The highest BCUT2D eigenvalue weighted by molar-refractivity contribution is 7.90. The first-order chi connectivity index (χ1) is 8.28. The molecule has 0 unspecified atom stereocenters. The van der Waals surface area contributed by atoms with Gasteiger partial charge in [-0.15, -0.1) is 0 Å². The number of nitrogens with one attached hydrogen (secondary N) is 1. The molecule has 18 heavy (non-hydrogen) atoms. The molecule has 100 valence electrons. The van der Waals surface area contributed by atoms with Gasteiger partial charge in [0.05, 0.1) is 5.75 Å². The summed E-state index contributed by atoms with van der Waals surface area (Å²) in [5.41, 5.74) is 3.04. The van der Waals surface area contributed by atoms with Crippen LogP contribution in [0.15, 0.2) is 18.2 Å². The standard InChI is InChI=1S/C13H19NO3S/c1-10-6-7-12(9-11(10)2)14-13(15)5-4-8-18(3,16)17/h6-7,9H,4-5,8H2,1-3H3,(H,14,15). The van der Waals surface area contributed by atoms with Gasteiger partial charge in [-0.05, 0) is 43.5 Å². The number of hydrogen-bond acceptors (Lipinski definition) is 3. The number of rotatable bonds is 5. The Morgan fingerprint density at radius 1 is 1.22 bits per heavy atom. The summed E-state index contributed by atoms with van der Waals surface area (Å²) >= 11 is 0. The lowest BCUT2D eigenvalue weighted by Crippen LogP contribution is -2.13. The van der Waals surface area contributed by atoms with Crippen LogP contribution in [-0.2, 0) is 14.6 Å². The molecule has 0 radical (unpaired) electrons. The van der Waals surface area contributed by atoms with E-state index in [0.29, 0.717) is 6.42 Å². The van der Waals surface area contributed by atoms with Gasteiger partial charge < -0.3 is 5.32 Å². The van der Waals surface area contributed by atoms with E-state index in [1.54, 1.807) is 0 Å². The van der Waals surface area contributed by atoms with Crippen LogP contribution in [0.1, 0.15) is 24.0 Å². The normalized spacial score (nSPS) is 11.3. The Labute approximate surface area is 108 Å². The zero-order valence-corrected chi connectivity index (χ0v) is 11.8. The minimum atomic E-state index is -2.98. The molecule has 0 fully saturated rings. The Morgan fingerprint density at radius 3 is 2.44 bits per heavy atom. The quantitative estimate of drug-likeness (QED) is 0.890. The van der Waals surface area contributed by atoms with Crippen molar-refractivity contribution >= 4 is 21.4 Å². The van der Waals surface area contributed by atoms with Crippen LogP contribution in [0.4, 0.5) is 5.69 Å². The number of anilines is 1. The van der Waals surface area contributed by atoms with E-state index in [1.807, 2.05) is 32.0 Å². The molecule has 0 bridgehead atoms. The summed E-state index contributed by atoms with van der Waals surface area (Å²) < 4.78 is 21.8. The molecule has 1 N–H and O–H groups in total. The van der Waals surface area contributed by atoms with Gasteiger partial charge in [-0.3, -0.25) is 4.79 Å². The number of aryl methyl sites for hydroxylation is 2. The summed E-state index contributed by atoms with van der Waals surface area (Å²) in [5, 5.41) is 2.76.